The van der Waals surface area contributed by atoms with Gasteiger partial charge in [0.05, 0.1) is 6.61 Å². The van der Waals surface area contributed by atoms with Gasteiger partial charge in [0, 0.05) is 12.6 Å². The van der Waals surface area contributed by atoms with Gasteiger partial charge in [0.15, 0.2) is 11.5 Å². The quantitative estimate of drug-likeness (QED) is 0.775. The van der Waals surface area contributed by atoms with Crippen LogP contribution in [-0.4, -0.2) is 25.8 Å². The molecule has 3 heteroatoms. The molecule has 3 rings (SSSR count). The van der Waals surface area contributed by atoms with E-state index in [1.54, 1.807) is 0 Å². The maximum absolute atomic E-state index is 5.84. The Morgan fingerprint density at radius 3 is 2.55 bits per heavy atom. The van der Waals surface area contributed by atoms with Gasteiger partial charge in [0.1, 0.15) is 6.61 Å². The minimum atomic E-state index is 0.670. The summed E-state index contributed by atoms with van der Waals surface area (Å²) in [6.07, 6.45) is 5.71. The molecule has 0 saturated heterocycles. The second-order valence-electron chi connectivity index (χ2n) is 5.96. The van der Waals surface area contributed by atoms with E-state index in [0.717, 1.165) is 35.9 Å². The highest BCUT2D eigenvalue weighted by Crippen LogP contribution is 2.44. The average molecular weight is 275 g/mol. The molecule has 1 aromatic rings. The van der Waals surface area contributed by atoms with Gasteiger partial charge in [-0.1, -0.05) is 18.6 Å². The van der Waals surface area contributed by atoms with E-state index in [9.17, 15) is 0 Å². The standard InChI is InChI=1S/C17H25NO2/c1-2-19-16-5-3-4-6-17(16)20-10-9-18-15-12-13-7-8-14(15)11-13/h3-6,13-15,18H,2,7-12H2,1H3. The predicted molar refractivity (Wildman–Crippen MR) is 80.3 cm³/mol. The highest BCUT2D eigenvalue weighted by Gasteiger charge is 2.38. The van der Waals surface area contributed by atoms with Gasteiger partial charge in [-0.25, -0.2) is 0 Å². The second kappa shape index (κ2) is 6.49. The first-order valence-corrected chi connectivity index (χ1v) is 7.95. The van der Waals surface area contributed by atoms with Gasteiger partial charge in [-0.3, -0.25) is 0 Å². The van der Waals surface area contributed by atoms with Crippen molar-refractivity contribution in [1.82, 2.24) is 5.32 Å². The Kier molecular flexibility index (Phi) is 4.46. The lowest BCUT2D eigenvalue weighted by atomic mass is 9.95. The summed E-state index contributed by atoms with van der Waals surface area (Å²) in [5, 5.41) is 3.67. The van der Waals surface area contributed by atoms with Crippen LogP contribution < -0.4 is 14.8 Å². The van der Waals surface area contributed by atoms with E-state index in [0.29, 0.717) is 13.2 Å². The normalized spacial score (nSPS) is 27.8. The fraction of sp³-hybridized carbons (Fsp3) is 0.647. The molecule has 2 aliphatic rings. The number of hydrogen-bond acceptors (Lipinski definition) is 3. The van der Waals surface area contributed by atoms with Crippen molar-refractivity contribution in [2.75, 3.05) is 19.8 Å². The summed E-state index contributed by atoms with van der Waals surface area (Å²) in [5.41, 5.74) is 0. The van der Waals surface area contributed by atoms with E-state index in [1.807, 2.05) is 31.2 Å². The summed E-state index contributed by atoms with van der Waals surface area (Å²) >= 11 is 0. The van der Waals surface area contributed by atoms with Gasteiger partial charge in [-0.05, 0) is 50.2 Å². The summed E-state index contributed by atoms with van der Waals surface area (Å²) in [5.74, 6) is 3.62. The van der Waals surface area contributed by atoms with Crippen LogP contribution >= 0.6 is 0 Å². The lowest BCUT2D eigenvalue weighted by molar-refractivity contribution is 0.261. The van der Waals surface area contributed by atoms with Crippen molar-refractivity contribution in [2.24, 2.45) is 11.8 Å². The fourth-order valence-electron chi connectivity index (χ4n) is 3.74. The highest BCUT2D eigenvalue weighted by atomic mass is 16.5. The van der Waals surface area contributed by atoms with E-state index in [2.05, 4.69) is 5.32 Å². The van der Waals surface area contributed by atoms with E-state index < -0.39 is 0 Å². The molecule has 3 atom stereocenters. The van der Waals surface area contributed by atoms with Crippen molar-refractivity contribution < 1.29 is 9.47 Å². The van der Waals surface area contributed by atoms with Crippen LogP contribution in [0.3, 0.4) is 0 Å². The van der Waals surface area contributed by atoms with Crippen molar-refractivity contribution in [3.8, 4) is 11.5 Å². The molecule has 3 unspecified atom stereocenters. The predicted octanol–water partition coefficient (Wildman–Crippen LogP) is 3.24. The van der Waals surface area contributed by atoms with Crippen molar-refractivity contribution in [2.45, 2.75) is 38.6 Å². The zero-order valence-electron chi connectivity index (χ0n) is 12.3. The van der Waals surface area contributed by atoms with Crippen LogP contribution in [0.15, 0.2) is 24.3 Å². The number of benzene rings is 1. The molecule has 110 valence electrons. The third kappa shape index (κ3) is 3.09. The molecule has 0 aromatic heterocycles. The Labute approximate surface area is 121 Å². The summed E-state index contributed by atoms with van der Waals surface area (Å²) in [6.45, 7) is 4.30. The first-order chi connectivity index (χ1) is 9.86. The van der Waals surface area contributed by atoms with Crippen LogP contribution in [0.2, 0.25) is 0 Å². The Bertz CT molecular complexity index is 435. The third-order valence-electron chi connectivity index (χ3n) is 4.65. The molecule has 3 nitrogen and oxygen atoms in total. The van der Waals surface area contributed by atoms with Gasteiger partial charge in [0.2, 0.25) is 0 Å². The molecule has 0 amide bonds. The highest BCUT2D eigenvalue weighted by molar-refractivity contribution is 5.39. The second-order valence-corrected chi connectivity index (χ2v) is 5.96. The summed E-state index contributed by atoms with van der Waals surface area (Å²) in [6, 6.07) is 8.64. The largest absolute Gasteiger partial charge is 0.490 e. The first kappa shape index (κ1) is 13.7. The number of rotatable bonds is 7. The minimum absolute atomic E-state index is 0.670. The molecule has 2 saturated carbocycles. The van der Waals surface area contributed by atoms with Gasteiger partial charge in [0.25, 0.3) is 0 Å². The zero-order chi connectivity index (χ0) is 13.8. The summed E-state index contributed by atoms with van der Waals surface area (Å²) in [7, 11) is 0. The smallest absolute Gasteiger partial charge is 0.161 e. The van der Waals surface area contributed by atoms with E-state index in [4.69, 9.17) is 9.47 Å². The SMILES string of the molecule is CCOc1ccccc1OCCNC1CC2CCC1C2. The van der Waals surface area contributed by atoms with Crippen LogP contribution in [0, 0.1) is 11.8 Å². The monoisotopic (exact) mass is 275 g/mol. The maximum Gasteiger partial charge on any atom is 0.161 e. The Hall–Kier alpha value is -1.22. The summed E-state index contributed by atoms with van der Waals surface area (Å²) in [4.78, 5) is 0. The van der Waals surface area contributed by atoms with Crippen molar-refractivity contribution >= 4 is 0 Å². The van der Waals surface area contributed by atoms with Crippen molar-refractivity contribution in [3.05, 3.63) is 24.3 Å². The molecule has 20 heavy (non-hydrogen) atoms. The van der Waals surface area contributed by atoms with Crippen LogP contribution in [0.1, 0.15) is 32.6 Å². The molecule has 2 bridgehead atoms. The zero-order valence-corrected chi connectivity index (χ0v) is 12.3. The molecule has 1 N–H and O–H groups in total. The fourth-order valence-corrected chi connectivity index (χ4v) is 3.74. The van der Waals surface area contributed by atoms with E-state index in [-0.39, 0.29) is 0 Å². The molecular formula is C17H25NO2. The number of hydrogen-bond donors (Lipinski definition) is 1. The summed E-state index contributed by atoms with van der Waals surface area (Å²) < 4.78 is 11.4. The van der Waals surface area contributed by atoms with Gasteiger partial charge in [-0.2, -0.15) is 0 Å². The topological polar surface area (TPSA) is 30.5 Å². The lowest BCUT2D eigenvalue weighted by Crippen LogP contribution is -2.36. The van der Waals surface area contributed by atoms with Crippen molar-refractivity contribution in [3.63, 3.8) is 0 Å². The average Bonchev–Trinajstić information content (AvgIpc) is 3.08. The van der Waals surface area contributed by atoms with Gasteiger partial charge < -0.3 is 14.8 Å². The van der Waals surface area contributed by atoms with Crippen LogP contribution in [0.4, 0.5) is 0 Å². The van der Waals surface area contributed by atoms with Crippen molar-refractivity contribution in [1.29, 1.82) is 0 Å². The Morgan fingerprint density at radius 2 is 1.90 bits per heavy atom. The number of ether oxygens (including phenoxy) is 2. The molecule has 0 heterocycles. The maximum atomic E-state index is 5.84. The lowest BCUT2D eigenvalue weighted by Gasteiger charge is -2.23. The third-order valence-corrected chi connectivity index (χ3v) is 4.65. The first-order valence-electron chi connectivity index (χ1n) is 7.95. The molecule has 0 spiro atoms. The van der Waals surface area contributed by atoms with Crippen LogP contribution in [0.25, 0.3) is 0 Å². The Balaban J connectivity index is 1.41. The van der Waals surface area contributed by atoms with Gasteiger partial charge in [-0.15, -0.1) is 0 Å². The molecular weight excluding hydrogens is 250 g/mol. The van der Waals surface area contributed by atoms with Crippen LogP contribution in [0.5, 0.6) is 11.5 Å². The minimum Gasteiger partial charge on any atom is -0.490 e. The molecule has 0 aliphatic heterocycles. The van der Waals surface area contributed by atoms with E-state index in [1.165, 1.54) is 25.7 Å². The van der Waals surface area contributed by atoms with Gasteiger partial charge >= 0.3 is 0 Å². The molecule has 1 aromatic carbocycles. The van der Waals surface area contributed by atoms with E-state index >= 15 is 0 Å². The molecule has 2 aliphatic carbocycles. The molecule has 2 fully saturated rings. The molecule has 0 radical (unpaired) electrons. The number of nitrogens with one attached hydrogen (secondary N) is 1. The number of para-hydroxylation sites is 2. The Morgan fingerprint density at radius 1 is 1.10 bits per heavy atom. The number of fused-ring (bicyclic) bond motifs is 2. The van der Waals surface area contributed by atoms with Crippen LogP contribution in [-0.2, 0) is 0 Å².